The second-order valence-corrected chi connectivity index (χ2v) is 7.70. The Morgan fingerprint density at radius 3 is 2.68 bits per heavy atom. The van der Waals surface area contributed by atoms with Gasteiger partial charge in [0.1, 0.15) is 11.9 Å². The molecule has 1 heterocycles. The van der Waals surface area contributed by atoms with Gasteiger partial charge in [0.05, 0.1) is 18.4 Å². The lowest BCUT2D eigenvalue weighted by atomic mass is 9.54. The zero-order chi connectivity index (χ0) is 16.1. The molecule has 0 unspecified atom stereocenters. The molecular weight excluding hydrogens is 280 g/mol. The van der Waals surface area contributed by atoms with Crippen LogP contribution in [0.4, 0.5) is 0 Å². The van der Waals surface area contributed by atoms with E-state index in [1.807, 2.05) is 6.07 Å². The molecule has 0 saturated heterocycles. The van der Waals surface area contributed by atoms with Crippen LogP contribution in [0.2, 0.25) is 0 Å². The van der Waals surface area contributed by atoms with Gasteiger partial charge in [0.2, 0.25) is 0 Å². The molecule has 120 valence electrons. The van der Waals surface area contributed by atoms with Gasteiger partial charge in [-0.15, -0.1) is 0 Å². The minimum atomic E-state index is -0.367. The maximum atomic E-state index is 12.8. The summed E-state index contributed by atoms with van der Waals surface area (Å²) in [7, 11) is 0. The highest BCUT2D eigenvalue weighted by molar-refractivity contribution is 5.90. The van der Waals surface area contributed by atoms with E-state index in [4.69, 9.17) is 9.15 Å². The molecule has 0 aromatic carbocycles. The van der Waals surface area contributed by atoms with Gasteiger partial charge in [-0.05, 0) is 30.2 Å². The summed E-state index contributed by atoms with van der Waals surface area (Å²) in [5.74, 6) is -0.0679. The van der Waals surface area contributed by atoms with Gasteiger partial charge in [0, 0.05) is 24.3 Å². The number of carbonyl (C=O) groups is 2. The van der Waals surface area contributed by atoms with Crippen LogP contribution in [0.25, 0.3) is 0 Å². The molecular formula is C18H24O4. The van der Waals surface area contributed by atoms with E-state index in [9.17, 15) is 9.59 Å². The Labute approximate surface area is 131 Å². The number of hydrogen-bond donors (Lipinski definition) is 0. The summed E-state index contributed by atoms with van der Waals surface area (Å²) in [6.45, 7) is 8.02. The van der Waals surface area contributed by atoms with Crippen LogP contribution in [-0.2, 0) is 14.3 Å². The van der Waals surface area contributed by atoms with Crippen molar-refractivity contribution < 1.29 is 18.7 Å². The first-order valence-corrected chi connectivity index (χ1v) is 7.99. The van der Waals surface area contributed by atoms with Gasteiger partial charge in [-0.3, -0.25) is 9.59 Å². The van der Waals surface area contributed by atoms with Crippen molar-refractivity contribution in [1.82, 2.24) is 0 Å². The van der Waals surface area contributed by atoms with E-state index in [0.29, 0.717) is 6.42 Å². The van der Waals surface area contributed by atoms with Crippen LogP contribution in [0.15, 0.2) is 23.0 Å². The lowest BCUT2D eigenvalue weighted by Gasteiger charge is -2.52. The van der Waals surface area contributed by atoms with Crippen molar-refractivity contribution in [2.24, 2.45) is 16.7 Å². The average molecular weight is 304 g/mol. The molecule has 2 saturated carbocycles. The number of hydrogen-bond acceptors (Lipinski definition) is 4. The van der Waals surface area contributed by atoms with E-state index in [1.165, 1.54) is 6.92 Å². The van der Waals surface area contributed by atoms with Crippen LogP contribution >= 0.6 is 0 Å². The normalized spacial score (nSPS) is 36.9. The number of fused-ring (bicyclic) bond motifs is 1. The molecule has 22 heavy (non-hydrogen) atoms. The summed E-state index contributed by atoms with van der Waals surface area (Å²) in [5, 5.41) is 0. The lowest BCUT2D eigenvalue weighted by molar-refractivity contribution is -0.167. The number of esters is 1. The van der Waals surface area contributed by atoms with Crippen LogP contribution in [0.1, 0.15) is 58.4 Å². The van der Waals surface area contributed by atoms with Crippen LogP contribution < -0.4 is 0 Å². The van der Waals surface area contributed by atoms with E-state index in [1.54, 1.807) is 12.5 Å². The standard InChI is InChI=1S/C18H24O4/c1-11(19)22-15-5-7-17(2,3)14-9-13(20)16(18(14,15)4)12-6-8-21-10-12/h6,8,10,14-16H,5,7,9H2,1-4H3/t14-,15-,16+,18-/m0/s1. The number of Topliss-reactive ketones (excluding diaryl/α,β-unsaturated/α-hetero) is 1. The molecule has 0 amide bonds. The molecule has 0 aliphatic heterocycles. The second-order valence-electron chi connectivity index (χ2n) is 7.70. The smallest absolute Gasteiger partial charge is 0.302 e. The van der Waals surface area contributed by atoms with E-state index in [0.717, 1.165) is 18.4 Å². The zero-order valence-corrected chi connectivity index (χ0v) is 13.7. The van der Waals surface area contributed by atoms with E-state index in [-0.39, 0.29) is 40.5 Å². The van der Waals surface area contributed by atoms with Crippen molar-refractivity contribution in [3.8, 4) is 0 Å². The average Bonchev–Trinajstić information content (AvgIpc) is 3.00. The van der Waals surface area contributed by atoms with Crippen molar-refractivity contribution >= 4 is 11.8 Å². The van der Waals surface area contributed by atoms with E-state index in [2.05, 4.69) is 20.8 Å². The predicted octanol–water partition coefficient (Wildman–Crippen LogP) is 3.71. The van der Waals surface area contributed by atoms with Crippen molar-refractivity contribution in [2.75, 3.05) is 0 Å². The van der Waals surface area contributed by atoms with Gasteiger partial charge in [0.25, 0.3) is 0 Å². The molecule has 2 aliphatic rings. The van der Waals surface area contributed by atoms with Crippen LogP contribution in [0.3, 0.4) is 0 Å². The minimum absolute atomic E-state index is 0.0690. The van der Waals surface area contributed by atoms with Gasteiger partial charge in [0.15, 0.2) is 0 Å². The van der Waals surface area contributed by atoms with Crippen LogP contribution in [0, 0.1) is 16.7 Å². The fraction of sp³-hybridized carbons (Fsp3) is 0.667. The van der Waals surface area contributed by atoms with Gasteiger partial charge in [-0.1, -0.05) is 20.8 Å². The number of carbonyl (C=O) groups excluding carboxylic acids is 2. The Morgan fingerprint density at radius 1 is 1.36 bits per heavy atom. The van der Waals surface area contributed by atoms with E-state index < -0.39 is 0 Å². The fourth-order valence-electron chi connectivity index (χ4n) is 4.97. The molecule has 3 rings (SSSR count). The third kappa shape index (κ3) is 2.11. The van der Waals surface area contributed by atoms with Crippen molar-refractivity contribution in [2.45, 2.75) is 59.0 Å². The number of ether oxygens (including phenoxy) is 1. The highest BCUT2D eigenvalue weighted by Gasteiger charge is 2.63. The van der Waals surface area contributed by atoms with Gasteiger partial charge >= 0.3 is 5.97 Å². The molecule has 2 aliphatic carbocycles. The number of rotatable bonds is 2. The van der Waals surface area contributed by atoms with Gasteiger partial charge < -0.3 is 9.15 Å². The summed E-state index contributed by atoms with van der Waals surface area (Å²) in [6.07, 6.45) is 5.38. The predicted molar refractivity (Wildman–Crippen MR) is 81.2 cm³/mol. The maximum absolute atomic E-state index is 12.8. The Hall–Kier alpha value is -1.58. The molecule has 0 N–H and O–H groups in total. The first-order chi connectivity index (χ1) is 10.3. The summed E-state index contributed by atoms with van der Waals surface area (Å²) in [5.41, 5.74) is 0.610. The fourth-order valence-corrected chi connectivity index (χ4v) is 4.97. The lowest BCUT2D eigenvalue weighted by Crippen LogP contribution is -2.51. The molecule has 0 radical (unpaired) electrons. The topological polar surface area (TPSA) is 56.5 Å². The minimum Gasteiger partial charge on any atom is -0.472 e. The summed E-state index contributed by atoms with van der Waals surface area (Å²) >= 11 is 0. The number of furan rings is 1. The van der Waals surface area contributed by atoms with Crippen LogP contribution in [-0.4, -0.2) is 17.9 Å². The third-order valence-electron chi connectivity index (χ3n) is 5.97. The molecule has 4 atom stereocenters. The molecule has 0 spiro atoms. The van der Waals surface area contributed by atoms with Gasteiger partial charge in [-0.25, -0.2) is 0 Å². The van der Waals surface area contributed by atoms with Crippen LogP contribution in [0.5, 0.6) is 0 Å². The largest absolute Gasteiger partial charge is 0.472 e. The first-order valence-electron chi connectivity index (χ1n) is 7.99. The van der Waals surface area contributed by atoms with Crippen molar-refractivity contribution in [3.63, 3.8) is 0 Å². The highest BCUT2D eigenvalue weighted by Crippen LogP contribution is 2.63. The van der Waals surface area contributed by atoms with Crippen molar-refractivity contribution in [1.29, 1.82) is 0 Å². The number of ketones is 1. The molecule has 4 nitrogen and oxygen atoms in total. The zero-order valence-electron chi connectivity index (χ0n) is 13.7. The van der Waals surface area contributed by atoms with Gasteiger partial charge in [-0.2, -0.15) is 0 Å². The molecule has 1 aromatic heterocycles. The summed E-state index contributed by atoms with van der Waals surface area (Å²) < 4.78 is 10.9. The molecule has 0 bridgehead atoms. The molecule has 2 fully saturated rings. The van der Waals surface area contributed by atoms with Crippen molar-refractivity contribution in [3.05, 3.63) is 24.2 Å². The monoisotopic (exact) mass is 304 g/mol. The third-order valence-corrected chi connectivity index (χ3v) is 5.97. The first kappa shape index (κ1) is 15.3. The Morgan fingerprint density at radius 2 is 2.09 bits per heavy atom. The summed E-state index contributed by atoms with van der Waals surface area (Å²) in [4.78, 5) is 24.3. The SMILES string of the molecule is CC(=O)O[C@H]1CCC(C)(C)[C@@H]2CC(=O)[C@@H](c3ccoc3)[C@]12C. The second kappa shape index (κ2) is 4.97. The molecule has 1 aromatic rings. The quantitative estimate of drug-likeness (QED) is 0.782. The van der Waals surface area contributed by atoms with E-state index >= 15 is 0 Å². The summed E-state index contributed by atoms with van der Waals surface area (Å²) in [6, 6.07) is 1.86. The Kier molecular flexibility index (Phi) is 3.46. The maximum Gasteiger partial charge on any atom is 0.302 e. The highest BCUT2D eigenvalue weighted by atomic mass is 16.5. The Balaban J connectivity index is 2.08. The Bertz CT molecular complexity index is 586. The molecule has 4 heteroatoms.